The number of nitrogens with one attached hydrogen (secondary N) is 1. The van der Waals surface area contributed by atoms with Crippen molar-refractivity contribution in [2.24, 2.45) is 7.05 Å². The Labute approximate surface area is 142 Å². The molecule has 25 heavy (non-hydrogen) atoms. The van der Waals surface area contributed by atoms with Gasteiger partial charge in [-0.1, -0.05) is 0 Å². The molecule has 0 aliphatic heterocycles. The number of hydrogen-bond donors (Lipinski definition) is 1. The van der Waals surface area contributed by atoms with Crippen LogP contribution in [0, 0.1) is 0 Å². The highest BCUT2D eigenvalue weighted by Gasteiger charge is 2.23. The van der Waals surface area contributed by atoms with Crippen LogP contribution in [0.4, 0.5) is 14.6 Å². The minimum atomic E-state index is -2.83. The van der Waals surface area contributed by atoms with Crippen LogP contribution in [-0.2, 0) is 11.8 Å². The molecule has 3 aromatic rings. The molecule has 3 heterocycles. The number of anilines is 1. The summed E-state index contributed by atoms with van der Waals surface area (Å²) in [6, 6.07) is 2.89. The summed E-state index contributed by atoms with van der Waals surface area (Å²) in [5.41, 5.74) is -0.0922. The molecule has 7 nitrogen and oxygen atoms in total. The number of imidazole rings is 1. The highest BCUT2D eigenvalue weighted by Crippen LogP contribution is 2.36. The number of carbonyl (C=O) groups excluding carboxylic acids is 1. The van der Waals surface area contributed by atoms with Gasteiger partial charge in [-0.2, -0.15) is 0 Å². The first kappa shape index (κ1) is 16.8. The van der Waals surface area contributed by atoms with Gasteiger partial charge in [0.15, 0.2) is 19.2 Å². The number of aromatic nitrogens is 4. The molecule has 0 fully saturated rings. The lowest BCUT2D eigenvalue weighted by molar-refractivity contribution is -0.114. The van der Waals surface area contributed by atoms with Gasteiger partial charge in [0.05, 0.1) is 23.0 Å². The van der Waals surface area contributed by atoms with Gasteiger partial charge in [0.1, 0.15) is 11.6 Å². The maximum absolute atomic E-state index is 13.6. The zero-order chi connectivity index (χ0) is 18.1. The summed E-state index contributed by atoms with van der Waals surface area (Å²) in [5, 5.41) is 2.49. The van der Waals surface area contributed by atoms with Crippen molar-refractivity contribution >= 4 is 36.5 Å². The van der Waals surface area contributed by atoms with Crippen LogP contribution in [0.3, 0.4) is 0 Å². The maximum atomic E-state index is 13.6. The Balaban J connectivity index is 2.06. The summed E-state index contributed by atoms with van der Waals surface area (Å²) in [4.78, 5) is 23.0. The normalized spacial score (nSPS) is 11.1. The number of amides is 1. The molecule has 1 amide bonds. The Morgan fingerprint density at radius 2 is 2.16 bits per heavy atom. The Hall–Kier alpha value is -3.04. The number of aryl methyl sites for hydroxylation is 1. The highest BCUT2D eigenvalue weighted by molar-refractivity contribution is 6.30. The van der Waals surface area contributed by atoms with Crippen molar-refractivity contribution in [2.75, 3.05) is 5.32 Å². The van der Waals surface area contributed by atoms with Crippen molar-refractivity contribution in [2.45, 2.75) is 13.3 Å². The second-order valence-electron chi connectivity index (χ2n) is 5.20. The van der Waals surface area contributed by atoms with Gasteiger partial charge >= 0.3 is 0 Å². The average Bonchev–Trinajstić information content (AvgIpc) is 2.82. The predicted octanol–water partition coefficient (Wildman–Crippen LogP) is 1.85. The van der Waals surface area contributed by atoms with E-state index in [1.807, 2.05) is 0 Å². The van der Waals surface area contributed by atoms with Crippen LogP contribution in [-0.4, -0.2) is 33.3 Å². The summed E-state index contributed by atoms with van der Waals surface area (Å²) in [5.74, 6) is 0.0104. The van der Waals surface area contributed by atoms with Gasteiger partial charge in [-0.05, 0) is 6.07 Å². The van der Waals surface area contributed by atoms with Gasteiger partial charge in [0.2, 0.25) is 5.91 Å². The summed E-state index contributed by atoms with van der Waals surface area (Å²) in [6.07, 6.45) is -0.280. The van der Waals surface area contributed by atoms with E-state index in [2.05, 4.69) is 20.3 Å². The molecule has 0 aliphatic rings. The van der Waals surface area contributed by atoms with Crippen molar-refractivity contribution in [1.82, 2.24) is 19.5 Å². The average molecular weight is 343 g/mol. The standard InChI is InChI=1S/C15H12BF2N5O2/c1-7(24)21-10-5-8(3-4-19-10)25-9-6-20-14-12(11(9)13(17)18)23(2)15(16)22-14/h3-6,13H,1-2H3,(H,19,21,24). The SMILES string of the molecule is [B]c1nc2ncc(Oc3ccnc(NC(C)=O)c3)c(C(F)F)c2n1C. The molecule has 0 unspecified atom stereocenters. The third-order valence-corrected chi connectivity index (χ3v) is 3.42. The molecule has 0 aromatic carbocycles. The van der Waals surface area contributed by atoms with Crippen LogP contribution in [0.25, 0.3) is 11.2 Å². The molecule has 3 aromatic heterocycles. The summed E-state index contributed by atoms with van der Waals surface area (Å²) in [7, 11) is 7.19. The van der Waals surface area contributed by atoms with E-state index < -0.39 is 6.43 Å². The summed E-state index contributed by atoms with van der Waals surface area (Å²) in [6.45, 7) is 1.33. The lowest BCUT2D eigenvalue weighted by Crippen LogP contribution is -2.15. The van der Waals surface area contributed by atoms with Crippen molar-refractivity contribution in [3.05, 3.63) is 30.1 Å². The van der Waals surface area contributed by atoms with Crippen LogP contribution in [0.1, 0.15) is 18.9 Å². The number of pyridine rings is 2. The van der Waals surface area contributed by atoms with E-state index in [0.717, 1.165) is 6.20 Å². The molecule has 0 spiro atoms. The van der Waals surface area contributed by atoms with E-state index in [1.165, 1.54) is 36.9 Å². The number of hydrogen-bond acceptors (Lipinski definition) is 5. The number of halogens is 2. The van der Waals surface area contributed by atoms with E-state index in [1.54, 1.807) is 0 Å². The van der Waals surface area contributed by atoms with Crippen LogP contribution in [0.15, 0.2) is 24.5 Å². The zero-order valence-electron chi connectivity index (χ0n) is 13.3. The van der Waals surface area contributed by atoms with Gasteiger partial charge < -0.3 is 14.6 Å². The topological polar surface area (TPSA) is 81.9 Å². The first-order chi connectivity index (χ1) is 11.9. The van der Waals surface area contributed by atoms with Crippen LogP contribution in [0.5, 0.6) is 11.5 Å². The van der Waals surface area contributed by atoms with Crippen molar-refractivity contribution in [3.8, 4) is 11.5 Å². The smallest absolute Gasteiger partial charge is 0.269 e. The fraction of sp³-hybridized carbons (Fsp3) is 0.200. The monoisotopic (exact) mass is 343 g/mol. The molecule has 10 heteroatoms. The molecule has 0 atom stereocenters. The lowest BCUT2D eigenvalue weighted by Gasteiger charge is -2.13. The number of alkyl halides is 2. The van der Waals surface area contributed by atoms with Crippen molar-refractivity contribution < 1.29 is 18.3 Å². The molecule has 2 radical (unpaired) electrons. The number of rotatable bonds is 4. The van der Waals surface area contributed by atoms with E-state index in [0.29, 0.717) is 0 Å². The van der Waals surface area contributed by atoms with E-state index in [4.69, 9.17) is 12.6 Å². The summed E-state index contributed by atoms with van der Waals surface area (Å²) < 4.78 is 34.2. The van der Waals surface area contributed by atoms with E-state index >= 15 is 0 Å². The Bertz CT molecular complexity index is 960. The van der Waals surface area contributed by atoms with E-state index in [-0.39, 0.29) is 45.7 Å². The molecule has 0 bridgehead atoms. The molecule has 0 saturated carbocycles. The molecule has 1 N–H and O–H groups in total. The fourth-order valence-electron chi connectivity index (χ4n) is 2.34. The molecule has 3 rings (SSSR count). The Morgan fingerprint density at radius 3 is 2.84 bits per heavy atom. The predicted molar refractivity (Wildman–Crippen MR) is 87.5 cm³/mol. The second-order valence-corrected chi connectivity index (χ2v) is 5.20. The number of ether oxygens (including phenoxy) is 1. The number of nitrogens with zero attached hydrogens (tertiary/aromatic N) is 4. The lowest BCUT2D eigenvalue weighted by atomic mass is 10.1. The molecule has 126 valence electrons. The van der Waals surface area contributed by atoms with Gasteiger partial charge in [-0.25, -0.2) is 23.7 Å². The fourth-order valence-corrected chi connectivity index (χ4v) is 2.34. The molecule has 0 aliphatic carbocycles. The van der Waals surface area contributed by atoms with Crippen LogP contribution in [0.2, 0.25) is 0 Å². The second kappa shape index (κ2) is 6.46. The van der Waals surface area contributed by atoms with Crippen molar-refractivity contribution in [3.63, 3.8) is 0 Å². The van der Waals surface area contributed by atoms with Gasteiger partial charge in [0.25, 0.3) is 6.43 Å². The zero-order valence-corrected chi connectivity index (χ0v) is 13.3. The van der Waals surface area contributed by atoms with Crippen molar-refractivity contribution in [1.29, 1.82) is 0 Å². The van der Waals surface area contributed by atoms with Crippen LogP contribution < -0.4 is 15.8 Å². The van der Waals surface area contributed by atoms with Gasteiger partial charge in [0, 0.05) is 26.2 Å². The molecular formula is C15H12BF2N5O2. The quantitative estimate of drug-likeness (QED) is 0.731. The van der Waals surface area contributed by atoms with E-state index in [9.17, 15) is 13.6 Å². The number of carbonyl (C=O) groups is 1. The number of fused-ring (bicyclic) bond motifs is 1. The third-order valence-electron chi connectivity index (χ3n) is 3.42. The maximum Gasteiger partial charge on any atom is 0.269 e. The third kappa shape index (κ3) is 3.28. The van der Waals surface area contributed by atoms with Gasteiger partial charge in [-0.3, -0.25) is 4.79 Å². The minimum Gasteiger partial charge on any atom is -0.455 e. The summed E-state index contributed by atoms with van der Waals surface area (Å²) >= 11 is 0. The van der Waals surface area contributed by atoms with Gasteiger partial charge in [-0.15, -0.1) is 0 Å². The first-order valence-corrected chi connectivity index (χ1v) is 7.17. The molecule has 0 saturated heterocycles. The first-order valence-electron chi connectivity index (χ1n) is 7.17. The van der Waals surface area contributed by atoms with Crippen LogP contribution >= 0.6 is 0 Å². The molecular weight excluding hydrogens is 331 g/mol. The Morgan fingerprint density at radius 1 is 1.40 bits per heavy atom. The highest BCUT2D eigenvalue weighted by atomic mass is 19.3. The largest absolute Gasteiger partial charge is 0.455 e. The Kier molecular flexibility index (Phi) is 4.34. The minimum absolute atomic E-state index is 0.0680.